The fourth-order valence-electron chi connectivity index (χ4n) is 1.38. The van der Waals surface area contributed by atoms with E-state index in [1.807, 2.05) is 27.7 Å². The van der Waals surface area contributed by atoms with Gasteiger partial charge in [-0.3, -0.25) is 0 Å². The summed E-state index contributed by atoms with van der Waals surface area (Å²) in [7, 11) is -1.20. The van der Waals surface area contributed by atoms with E-state index in [2.05, 4.69) is 9.82 Å². The average Bonchev–Trinajstić information content (AvgIpc) is 2.74. The van der Waals surface area contributed by atoms with Crippen molar-refractivity contribution in [1.82, 2.24) is 14.5 Å². The van der Waals surface area contributed by atoms with Gasteiger partial charge in [0, 0.05) is 6.20 Å². The fourth-order valence-corrected chi connectivity index (χ4v) is 2.17. The Morgan fingerprint density at radius 2 is 1.90 bits per heavy atom. The summed E-state index contributed by atoms with van der Waals surface area (Å²) >= 11 is 0. The molecule has 0 aliphatic heterocycles. The minimum absolute atomic E-state index is 0.228. The summed E-state index contributed by atoms with van der Waals surface area (Å²) in [5.41, 5.74) is 0.0688. The quantitative estimate of drug-likeness (QED) is 0.931. The van der Waals surface area contributed by atoms with Crippen LogP contribution >= 0.6 is 0 Å². The second-order valence-corrected chi connectivity index (χ2v) is 8.88. The maximum absolute atomic E-state index is 12.1. The van der Waals surface area contributed by atoms with Crippen molar-refractivity contribution >= 4 is 17.1 Å². The lowest BCUT2D eigenvalue weighted by atomic mass is 10.2. The largest absolute Gasteiger partial charge is 0.442 e. The minimum atomic E-state index is -1.20. The summed E-state index contributed by atoms with van der Waals surface area (Å²) in [6.45, 7) is 12.9. The molecule has 7 heteroatoms. The summed E-state index contributed by atoms with van der Waals surface area (Å²) < 4.78 is 21.1. The lowest BCUT2D eigenvalue weighted by Gasteiger charge is -2.21. The predicted octanol–water partition coefficient (Wildman–Crippen LogP) is 2.78. The Bertz CT molecular complexity index is 526. The number of nitrogens with zero attached hydrogens (tertiary/aromatic N) is 2. The molecule has 1 N–H and O–H groups in total. The van der Waals surface area contributed by atoms with Crippen molar-refractivity contribution in [2.24, 2.45) is 0 Å². The van der Waals surface area contributed by atoms with E-state index < -0.39 is 22.7 Å². The number of rotatable bonds is 3. The molecule has 0 spiro atoms. The van der Waals surface area contributed by atoms with Gasteiger partial charge in [-0.15, -0.1) is 0 Å². The van der Waals surface area contributed by atoms with Gasteiger partial charge in [0.1, 0.15) is 5.60 Å². The van der Waals surface area contributed by atoms with Crippen molar-refractivity contribution in [2.75, 3.05) is 0 Å². The molecule has 6 nitrogen and oxygen atoms in total. The van der Waals surface area contributed by atoms with Crippen LogP contribution in [0.15, 0.2) is 12.3 Å². The van der Waals surface area contributed by atoms with Crippen LogP contribution in [-0.4, -0.2) is 30.4 Å². The minimum Gasteiger partial charge on any atom is -0.442 e. The van der Waals surface area contributed by atoms with Crippen molar-refractivity contribution in [3.05, 3.63) is 18.0 Å². The van der Waals surface area contributed by atoms with Crippen molar-refractivity contribution < 1.29 is 13.7 Å². The molecule has 21 heavy (non-hydrogen) atoms. The van der Waals surface area contributed by atoms with Gasteiger partial charge in [-0.05, 0) is 54.5 Å². The van der Waals surface area contributed by atoms with Crippen LogP contribution in [0.3, 0.4) is 0 Å². The summed E-state index contributed by atoms with van der Waals surface area (Å²) in [5, 5.41) is 4.17. The molecule has 0 radical (unpaired) electrons. The number of carbonyl (C=O) groups is 1. The average molecular weight is 315 g/mol. The zero-order valence-corrected chi connectivity index (χ0v) is 14.6. The maximum Gasteiger partial charge on any atom is 0.435 e. The molecular weight excluding hydrogens is 290 g/mol. The lowest BCUT2D eigenvalue weighted by molar-refractivity contribution is 0.0513. The smallest absolute Gasteiger partial charge is 0.435 e. The van der Waals surface area contributed by atoms with E-state index in [1.54, 1.807) is 33.0 Å². The molecule has 120 valence electrons. The highest BCUT2D eigenvalue weighted by Gasteiger charge is 2.23. The van der Waals surface area contributed by atoms with E-state index in [0.717, 1.165) is 4.68 Å². The van der Waals surface area contributed by atoms with Crippen LogP contribution < -0.4 is 4.72 Å². The van der Waals surface area contributed by atoms with Crippen LogP contribution in [0, 0.1) is 0 Å². The Kier molecular flexibility index (Phi) is 5.33. The van der Waals surface area contributed by atoms with Gasteiger partial charge in [0.15, 0.2) is 0 Å². The zero-order chi connectivity index (χ0) is 16.4. The molecule has 1 aromatic heterocycles. The molecule has 0 amide bonds. The van der Waals surface area contributed by atoms with Gasteiger partial charge in [0.2, 0.25) is 0 Å². The summed E-state index contributed by atoms with van der Waals surface area (Å²) in [5.74, 6) is 0. The molecule has 1 rings (SSSR count). The number of aromatic nitrogens is 2. The number of hydrogen-bond acceptors (Lipinski definition) is 4. The third-order valence-corrected chi connectivity index (χ3v) is 4.15. The lowest BCUT2D eigenvalue weighted by Crippen LogP contribution is -2.35. The first kappa shape index (κ1) is 17.8. The molecule has 0 aliphatic carbocycles. The highest BCUT2D eigenvalue weighted by molar-refractivity contribution is 7.84. The predicted molar refractivity (Wildman–Crippen MR) is 83.3 cm³/mol. The van der Waals surface area contributed by atoms with E-state index in [1.165, 1.54) is 0 Å². The molecule has 0 aliphatic rings. The van der Waals surface area contributed by atoms with Crippen LogP contribution in [0.4, 0.5) is 4.79 Å². The monoisotopic (exact) mass is 315 g/mol. The second-order valence-electron chi connectivity index (χ2n) is 6.89. The summed E-state index contributed by atoms with van der Waals surface area (Å²) in [6.07, 6.45) is 1.01. The van der Waals surface area contributed by atoms with Gasteiger partial charge in [0.05, 0.1) is 27.5 Å². The van der Waals surface area contributed by atoms with E-state index in [-0.39, 0.29) is 10.8 Å². The van der Waals surface area contributed by atoms with Gasteiger partial charge in [-0.25, -0.2) is 13.7 Å². The molecule has 0 fully saturated rings. The molecular formula is C14H25N3O3S. The Hall–Kier alpha value is -1.21. The van der Waals surface area contributed by atoms with E-state index in [0.29, 0.717) is 5.69 Å². The molecule has 0 unspecified atom stereocenters. The van der Waals surface area contributed by atoms with Crippen LogP contribution in [0.5, 0.6) is 0 Å². The van der Waals surface area contributed by atoms with Crippen molar-refractivity contribution in [2.45, 2.75) is 64.9 Å². The zero-order valence-electron chi connectivity index (χ0n) is 13.8. The molecule has 1 aromatic rings. The highest BCUT2D eigenvalue weighted by atomic mass is 32.2. The molecule has 0 bridgehead atoms. The maximum atomic E-state index is 12.1. The van der Waals surface area contributed by atoms with Gasteiger partial charge >= 0.3 is 6.09 Å². The number of carbonyl (C=O) groups excluding carboxylic acids is 1. The van der Waals surface area contributed by atoms with Crippen LogP contribution in [-0.2, 0) is 15.7 Å². The first-order valence-corrected chi connectivity index (χ1v) is 8.02. The Balaban J connectivity index is 2.75. The Labute approximate surface area is 128 Å². The van der Waals surface area contributed by atoms with E-state index in [4.69, 9.17) is 4.74 Å². The summed E-state index contributed by atoms with van der Waals surface area (Å²) in [4.78, 5) is 11.9. The third kappa shape index (κ3) is 5.59. The molecule has 0 saturated carbocycles. The SMILES string of the molecule is C[C@H](N[S@](=O)C(C)(C)C)c1ccn(C(=O)OC(C)(C)C)n1. The van der Waals surface area contributed by atoms with Gasteiger partial charge in [0.25, 0.3) is 0 Å². The summed E-state index contributed by atoms with van der Waals surface area (Å²) in [6, 6.07) is 1.48. The first-order valence-electron chi connectivity index (χ1n) is 6.87. The van der Waals surface area contributed by atoms with Gasteiger partial charge in [-0.1, -0.05) is 0 Å². The Morgan fingerprint density at radius 3 is 2.38 bits per heavy atom. The topological polar surface area (TPSA) is 73.2 Å². The van der Waals surface area contributed by atoms with Crippen molar-refractivity contribution in [3.8, 4) is 0 Å². The van der Waals surface area contributed by atoms with Crippen LogP contribution in [0.25, 0.3) is 0 Å². The fraction of sp³-hybridized carbons (Fsp3) is 0.714. The van der Waals surface area contributed by atoms with Crippen LogP contribution in [0.2, 0.25) is 0 Å². The molecule has 2 atom stereocenters. The van der Waals surface area contributed by atoms with Gasteiger partial charge in [-0.2, -0.15) is 9.78 Å². The van der Waals surface area contributed by atoms with E-state index in [9.17, 15) is 9.00 Å². The molecule has 1 heterocycles. The van der Waals surface area contributed by atoms with Crippen molar-refractivity contribution in [1.29, 1.82) is 0 Å². The number of ether oxygens (including phenoxy) is 1. The first-order chi connectivity index (χ1) is 9.40. The molecule has 0 aromatic carbocycles. The van der Waals surface area contributed by atoms with E-state index >= 15 is 0 Å². The second kappa shape index (κ2) is 6.27. The highest BCUT2D eigenvalue weighted by Crippen LogP contribution is 2.16. The Morgan fingerprint density at radius 1 is 1.33 bits per heavy atom. The normalized spacial score (nSPS) is 15.6. The van der Waals surface area contributed by atoms with Gasteiger partial charge < -0.3 is 4.74 Å². The van der Waals surface area contributed by atoms with Crippen molar-refractivity contribution in [3.63, 3.8) is 0 Å². The standard InChI is InChI=1S/C14H25N3O3S/c1-10(16-21(19)14(5,6)7)11-8-9-17(15-11)12(18)20-13(2,3)4/h8-10,16H,1-7H3/t10-,21+/m0/s1. The number of nitrogens with one attached hydrogen (secondary N) is 1. The number of hydrogen-bond donors (Lipinski definition) is 1. The molecule has 0 saturated heterocycles. The third-order valence-electron chi connectivity index (χ3n) is 2.47. The van der Waals surface area contributed by atoms with Crippen LogP contribution in [0.1, 0.15) is 60.2 Å².